The fourth-order valence-corrected chi connectivity index (χ4v) is 13.5. The number of ether oxygens (including phenoxy) is 1. The van der Waals surface area contributed by atoms with E-state index in [1.165, 1.54) is 92.9 Å². The van der Waals surface area contributed by atoms with Gasteiger partial charge >= 0.3 is 0 Å². The Morgan fingerprint density at radius 3 is 1.65 bits per heavy atom. The molecule has 0 unspecified atom stereocenters. The summed E-state index contributed by atoms with van der Waals surface area (Å²) in [6.07, 6.45) is 1.94. The van der Waals surface area contributed by atoms with E-state index in [1.54, 1.807) is 0 Å². The molecule has 402 valence electrons. The van der Waals surface area contributed by atoms with Crippen molar-refractivity contribution in [3.8, 4) is 39.6 Å². The summed E-state index contributed by atoms with van der Waals surface area (Å²) >= 11 is 0. The van der Waals surface area contributed by atoms with Crippen LogP contribution in [0.2, 0.25) is 19.6 Å². The molecular formula is C75H72N4OSi. The fourth-order valence-electron chi connectivity index (χ4n) is 12.3. The second-order valence-electron chi connectivity index (χ2n) is 26.6. The van der Waals surface area contributed by atoms with Gasteiger partial charge in [0.15, 0.2) is 0 Å². The summed E-state index contributed by atoms with van der Waals surface area (Å²) in [5.74, 6) is 2.49. The second-order valence-corrected chi connectivity index (χ2v) is 31.7. The third kappa shape index (κ3) is 9.24. The van der Waals surface area contributed by atoms with Gasteiger partial charge in [-0.3, -0.25) is 4.57 Å². The molecule has 81 heavy (non-hydrogen) atoms. The average molecular weight is 1070 g/mol. The van der Waals surface area contributed by atoms with E-state index < -0.39 is 8.07 Å². The number of anilines is 2. The van der Waals surface area contributed by atoms with E-state index in [0.717, 1.165) is 45.1 Å². The lowest BCUT2D eigenvalue weighted by Gasteiger charge is -2.25. The molecule has 0 bridgehead atoms. The van der Waals surface area contributed by atoms with Crippen LogP contribution in [0.4, 0.5) is 11.4 Å². The Hall–Kier alpha value is -8.45. The van der Waals surface area contributed by atoms with Crippen LogP contribution in [-0.2, 0) is 22.9 Å². The van der Waals surface area contributed by atoms with Gasteiger partial charge in [-0.05, 0) is 126 Å². The highest BCUT2D eigenvalue weighted by atomic mass is 28.3. The van der Waals surface area contributed by atoms with Crippen molar-refractivity contribution in [3.05, 3.63) is 223 Å². The van der Waals surface area contributed by atoms with Crippen LogP contribution < -0.4 is 14.8 Å². The maximum atomic E-state index is 7.20. The van der Waals surface area contributed by atoms with Crippen molar-refractivity contribution in [2.24, 2.45) is 0 Å². The maximum absolute atomic E-state index is 7.20. The Morgan fingerprint density at radius 2 is 1.00 bits per heavy atom. The third-order valence-corrected chi connectivity index (χ3v) is 18.9. The van der Waals surface area contributed by atoms with Gasteiger partial charge in [-0.25, -0.2) is 4.98 Å². The predicted octanol–water partition coefficient (Wildman–Crippen LogP) is 20.4. The zero-order valence-electron chi connectivity index (χ0n) is 49.0. The van der Waals surface area contributed by atoms with E-state index in [4.69, 9.17) is 9.72 Å². The van der Waals surface area contributed by atoms with Gasteiger partial charge < -0.3 is 14.2 Å². The van der Waals surface area contributed by atoms with Crippen LogP contribution in [0.15, 0.2) is 206 Å². The van der Waals surface area contributed by atoms with Crippen molar-refractivity contribution >= 4 is 89.8 Å². The van der Waals surface area contributed by atoms with Crippen LogP contribution in [0.5, 0.6) is 11.5 Å². The molecule has 0 radical (unpaired) electrons. The quantitative estimate of drug-likeness (QED) is 0.149. The van der Waals surface area contributed by atoms with Gasteiger partial charge in [0.25, 0.3) is 0 Å². The Bertz CT molecular complexity index is 4570. The first kappa shape index (κ1) is 52.0. The summed E-state index contributed by atoms with van der Waals surface area (Å²) < 4.78 is 12.1. The van der Waals surface area contributed by atoms with E-state index >= 15 is 0 Å². The van der Waals surface area contributed by atoms with Crippen molar-refractivity contribution in [1.82, 2.24) is 14.1 Å². The molecule has 0 N–H and O–H groups in total. The van der Waals surface area contributed by atoms with Crippen LogP contribution in [0.1, 0.15) is 79.0 Å². The number of hydrogen-bond acceptors (Lipinski definition) is 3. The number of pyridine rings is 1. The van der Waals surface area contributed by atoms with Gasteiger partial charge in [-0.2, -0.15) is 0 Å². The van der Waals surface area contributed by atoms with E-state index in [0.29, 0.717) is 6.67 Å². The molecular weight excluding hydrogens is 1000 g/mol. The van der Waals surface area contributed by atoms with Gasteiger partial charge in [0.1, 0.15) is 24.0 Å². The number of para-hydroxylation sites is 3. The van der Waals surface area contributed by atoms with Crippen molar-refractivity contribution < 1.29 is 4.74 Å². The Labute approximate surface area is 478 Å². The Morgan fingerprint density at radius 1 is 0.420 bits per heavy atom. The smallest absolute Gasteiger partial charge is 0.137 e. The second kappa shape index (κ2) is 19.1. The molecule has 5 nitrogen and oxygen atoms in total. The van der Waals surface area contributed by atoms with E-state index in [-0.39, 0.29) is 16.2 Å². The first-order valence-electron chi connectivity index (χ1n) is 28.8. The first-order chi connectivity index (χ1) is 38.7. The lowest BCUT2D eigenvalue weighted by molar-refractivity contribution is 0.483. The SMILES string of the molecule is CC(C)(C)c1ccc(-c2cc(-c3cccc4c5ccccc5c5ccccc5c5cccc6c5n(c34)CN6c3cc(Oc4ccc5c6ccccc6n(-c6cc(C(C)(C)C)ccn6)c5c4)cc([Si](C)(C)C)c3)cc(C(C)(C)C)c2)cc1. The molecule has 12 aromatic rings. The van der Waals surface area contributed by atoms with Crippen molar-refractivity contribution in [1.29, 1.82) is 0 Å². The molecule has 13 rings (SSSR count). The number of aromatic nitrogens is 3. The highest BCUT2D eigenvalue weighted by Crippen LogP contribution is 2.46. The highest BCUT2D eigenvalue weighted by Gasteiger charge is 2.29. The molecule has 1 aliphatic heterocycles. The maximum Gasteiger partial charge on any atom is 0.137 e. The molecule has 1 aliphatic rings. The standard InChI is InChI=1S/C75H72N4OSi/c1-73(2,3)51-33-31-48(32-34-51)49-39-50(41-53(40-49)75(7,8)9)58-26-19-27-65-61-23-15-13-21-59(61)60-22-14-16-24-62(60)66-28-20-30-68-72(66)78(71(58)65)47-77(68)54-43-56(45-57(44-54)81(10,11)12)80-55-35-36-64-63-25-17-18-29-67(63)79(69(64)46-55)70-42-52(37-38-76-70)74(4,5)6/h13-46H,47H2,1-12H3. The molecule has 0 atom stereocenters. The lowest BCUT2D eigenvalue weighted by Crippen LogP contribution is -2.38. The molecule has 4 heterocycles. The molecule has 0 saturated carbocycles. The summed E-state index contributed by atoms with van der Waals surface area (Å²) in [7, 11) is -1.94. The van der Waals surface area contributed by atoms with Gasteiger partial charge in [0.2, 0.25) is 0 Å². The normalized spacial score (nSPS) is 13.1. The van der Waals surface area contributed by atoms with Crippen LogP contribution in [-0.4, -0.2) is 22.2 Å². The predicted molar refractivity (Wildman–Crippen MR) is 349 cm³/mol. The minimum Gasteiger partial charge on any atom is -0.457 e. The zero-order chi connectivity index (χ0) is 56.3. The summed E-state index contributed by atoms with van der Waals surface area (Å²) in [5.41, 5.74) is 15.5. The Balaban J connectivity index is 1.03. The molecule has 9 aromatic carbocycles. The molecule has 0 saturated heterocycles. The molecule has 0 amide bonds. The largest absolute Gasteiger partial charge is 0.457 e. The van der Waals surface area contributed by atoms with E-state index in [1.807, 2.05) is 6.20 Å². The first-order valence-corrected chi connectivity index (χ1v) is 32.3. The minimum absolute atomic E-state index is 0.0305. The number of benzene rings is 9. The monoisotopic (exact) mass is 1070 g/mol. The summed E-state index contributed by atoms with van der Waals surface area (Å²) in [4.78, 5) is 7.52. The number of fused-ring (bicyclic) bond motifs is 10. The lowest BCUT2D eigenvalue weighted by atomic mass is 9.82. The number of rotatable bonds is 7. The fraction of sp³-hybridized carbons (Fsp3) is 0.213. The number of hydrogen-bond donors (Lipinski definition) is 0. The average Bonchev–Trinajstić information content (AvgIpc) is 4.26. The minimum atomic E-state index is -1.94. The van der Waals surface area contributed by atoms with Gasteiger partial charge in [-0.1, -0.05) is 221 Å². The summed E-state index contributed by atoms with van der Waals surface area (Å²) in [6, 6.07) is 75.0. The highest BCUT2D eigenvalue weighted by molar-refractivity contribution is 6.88. The van der Waals surface area contributed by atoms with E-state index in [9.17, 15) is 0 Å². The molecule has 3 aromatic heterocycles. The van der Waals surface area contributed by atoms with Gasteiger partial charge in [0.05, 0.1) is 35.8 Å². The van der Waals surface area contributed by atoms with Crippen LogP contribution >= 0.6 is 0 Å². The molecule has 0 fully saturated rings. The Kier molecular flexibility index (Phi) is 12.2. The third-order valence-electron chi connectivity index (χ3n) is 16.9. The van der Waals surface area contributed by atoms with Crippen molar-refractivity contribution in [2.45, 2.75) is 105 Å². The molecule has 0 aliphatic carbocycles. The van der Waals surface area contributed by atoms with Crippen LogP contribution in [0.3, 0.4) is 0 Å². The van der Waals surface area contributed by atoms with Crippen molar-refractivity contribution in [3.63, 3.8) is 0 Å². The number of nitrogens with zero attached hydrogens (tertiary/aromatic N) is 4. The summed E-state index contributed by atoms with van der Waals surface area (Å²) in [6.45, 7) is 28.5. The summed E-state index contributed by atoms with van der Waals surface area (Å²) in [5, 5.41) is 11.0. The molecule has 0 spiro atoms. The van der Waals surface area contributed by atoms with Crippen LogP contribution in [0.25, 0.3) is 93.2 Å². The van der Waals surface area contributed by atoms with Crippen LogP contribution in [0, 0.1) is 0 Å². The van der Waals surface area contributed by atoms with Gasteiger partial charge in [-0.15, -0.1) is 0 Å². The molecule has 6 heteroatoms. The zero-order valence-corrected chi connectivity index (χ0v) is 50.0. The van der Waals surface area contributed by atoms with Gasteiger partial charge in [0, 0.05) is 51.1 Å². The van der Waals surface area contributed by atoms with Crippen molar-refractivity contribution in [2.75, 3.05) is 4.90 Å². The topological polar surface area (TPSA) is 35.2 Å². The van der Waals surface area contributed by atoms with E-state index in [2.05, 4.69) is 296 Å².